The summed E-state index contributed by atoms with van der Waals surface area (Å²) in [6.45, 7) is 1.99. The lowest BCUT2D eigenvalue weighted by atomic mass is 9.95. The van der Waals surface area contributed by atoms with Crippen molar-refractivity contribution in [3.8, 4) is 5.75 Å². The lowest BCUT2D eigenvalue weighted by Crippen LogP contribution is -2.29. The number of aryl methyl sites for hydroxylation is 1. The Morgan fingerprint density at radius 2 is 1.85 bits per heavy atom. The maximum absolute atomic E-state index is 13.3. The summed E-state index contributed by atoms with van der Waals surface area (Å²) >= 11 is 4.82. The van der Waals surface area contributed by atoms with E-state index in [2.05, 4.69) is 20.9 Å². The van der Waals surface area contributed by atoms with E-state index in [0.29, 0.717) is 22.0 Å². The highest BCUT2D eigenvalue weighted by atomic mass is 79.9. The molecular weight excluding hydrogens is 516 g/mol. The Kier molecular flexibility index (Phi) is 5.71. The first-order chi connectivity index (χ1) is 16.4. The lowest BCUT2D eigenvalue weighted by molar-refractivity contribution is -0.132. The van der Waals surface area contributed by atoms with Crippen molar-refractivity contribution in [3.63, 3.8) is 0 Å². The molecule has 2 heterocycles. The number of aromatic nitrogens is 1. The SMILES string of the molecule is COc1ccc(C(O)=C2C(=O)C(=O)N(c3nc4ccc(C)cc4s3)C2c2cccc(Br)c2)cc1. The smallest absolute Gasteiger partial charge is 0.301 e. The predicted molar refractivity (Wildman–Crippen MR) is 136 cm³/mol. The zero-order valence-corrected chi connectivity index (χ0v) is 20.7. The Hall–Kier alpha value is -3.49. The molecule has 0 bridgehead atoms. The van der Waals surface area contributed by atoms with Crippen molar-refractivity contribution in [1.82, 2.24) is 4.98 Å². The van der Waals surface area contributed by atoms with Gasteiger partial charge in [0.15, 0.2) is 5.13 Å². The Labute approximate surface area is 208 Å². The van der Waals surface area contributed by atoms with Crippen LogP contribution in [0.2, 0.25) is 0 Å². The molecule has 34 heavy (non-hydrogen) atoms. The van der Waals surface area contributed by atoms with Crippen molar-refractivity contribution in [2.75, 3.05) is 12.0 Å². The summed E-state index contributed by atoms with van der Waals surface area (Å²) in [4.78, 5) is 32.7. The van der Waals surface area contributed by atoms with Gasteiger partial charge in [-0.2, -0.15) is 0 Å². The van der Waals surface area contributed by atoms with Crippen LogP contribution in [0.5, 0.6) is 5.75 Å². The summed E-state index contributed by atoms with van der Waals surface area (Å²) in [7, 11) is 1.55. The molecule has 4 aromatic rings. The average molecular weight is 535 g/mol. The van der Waals surface area contributed by atoms with Crippen LogP contribution in [0.1, 0.15) is 22.7 Å². The standard InChI is InChI=1S/C26H19BrN2O4S/c1-14-6-11-19-20(12-14)34-26(28-19)29-22(16-4-3-5-17(27)13-16)21(24(31)25(29)32)23(30)15-7-9-18(33-2)10-8-15/h3-13,22,30H,1-2H3. The number of hydrogen-bond donors (Lipinski definition) is 1. The van der Waals surface area contributed by atoms with Gasteiger partial charge in [0.05, 0.1) is 28.9 Å². The summed E-state index contributed by atoms with van der Waals surface area (Å²) in [6.07, 6.45) is 0. The van der Waals surface area contributed by atoms with Gasteiger partial charge in [0, 0.05) is 10.0 Å². The summed E-state index contributed by atoms with van der Waals surface area (Å²) in [6, 6.07) is 19.1. The quantitative estimate of drug-likeness (QED) is 0.197. The van der Waals surface area contributed by atoms with Gasteiger partial charge in [-0.3, -0.25) is 14.5 Å². The molecule has 1 aliphatic rings. The number of thiazole rings is 1. The maximum Gasteiger partial charge on any atom is 0.301 e. The van der Waals surface area contributed by atoms with Crippen LogP contribution >= 0.6 is 27.3 Å². The van der Waals surface area contributed by atoms with Gasteiger partial charge in [0.1, 0.15) is 11.5 Å². The van der Waals surface area contributed by atoms with E-state index in [-0.39, 0.29) is 11.3 Å². The molecule has 1 amide bonds. The summed E-state index contributed by atoms with van der Waals surface area (Å²) in [5.41, 5.74) is 2.94. The second kappa shape index (κ2) is 8.70. The fourth-order valence-electron chi connectivity index (χ4n) is 4.05. The summed E-state index contributed by atoms with van der Waals surface area (Å²) in [5, 5.41) is 11.6. The van der Waals surface area contributed by atoms with E-state index in [1.54, 1.807) is 31.4 Å². The van der Waals surface area contributed by atoms with Crippen LogP contribution in [0, 0.1) is 6.92 Å². The van der Waals surface area contributed by atoms with E-state index in [0.717, 1.165) is 20.3 Å². The van der Waals surface area contributed by atoms with Crippen molar-refractivity contribution < 1.29 is 19.4 Å². The first-order valence-corrected chi connectivity index (χ1v) is 12.1. The highest BCUT2D eigenvalue weighted by molar-refractivity contribution is 9.10. The van der Waals surface area contributed by atoms with Gasteiger partial charge in [-0.25, -0.2) is 4.98 Å². The van der Waals surface area contributed by atoms with E-state index in [1.807, 2.05) is 49.4 Å². The number of carbonyl (C=O) groups is 2. The molecule has 6 nitrogen and oxygen atoms in total. The number of fused-ring (bicyclic) bond motifs is 1. The third-order valence-corrected chi connectivity index (χ3v) is 7.22. The van der Waals surface area contributed by atoms with Gasteiger partial charge in [0.2, 0.25) is 0 Å². The van der Waals surface area contributed by atoms with E-state index in [4.69, 9.17) is 4.74 Å². The molecule has 1 atom stereocenters. The minimum atomic E-state index is -0.832. The molecule has 1 aromatic heterocycles. The summed E-state index contributed by atoms with van der Waals surface area (Å²) in [5.74, 6) is -1.11. The van der Waals surface area contributed by atoms with Crippen molar-refractivity contribution in [2.45, 2.75) is 13.0 Å². The molecule has 1 saturated heterocycles. The van der Waals surface area contributed by atoms with Crippen molar-refractivity contribution >= 4 is 60.1 Å². The van der Waals surface area contributed by atoms with E-state index in [1.165, 1.54) is 16.2 Å². The van der Waals surface area contributed by atoms with Gasteiger partial charge in [0.25, 0.3) is 5.78 Å². The first-order valence-electron chi connectivity index (χ1n) is 10.5. The van der Waals surface area contributed by atoms with Crippen LogP contribution in [0.15, 0.2) is 76.8 Å². The molecule has 0 radical (unpaired) electrons. The molecule has 0 saturated carbocycles. The molecule has 1 fully saturated rings. The molecule has 170 valence electrons. The fraction of sp³-hybridized carbons (Fsp3) is 0.115. The molecule has 1 unspecified atom stereocenters. The fourth-order valence-corrected chi connectivity index (χ4v) is 5.56. The van der Waals surface area contributed by atoms with Crippen LogP contribution in [-0.4, -0.2) is 28.9 Å². The van der Waals surface area contributed by atoms with Gasteiger partial charge < -0.3 is 9.84 Å². The van der Waals surface area contributed by atoms with E-state index < -0.39 is 17.7 Å². The highest BCUT2D eigenvalue weighted by Crippen LogP contribution is 2.44. The van der Waals surface area contributed by atoms with Gasteiger partial charge >= 0.3 is 5.91 Å². The number of benzene rings is 3. The number of aliphatic hydroxyl groups excluding tert-OH is 1. The predicted octanol–water partition coefficient (Wildman–Crippen LogP) is 6.00. The monoisotopic (exact) mass is 534 g/mol. The van der Waals surface area contributed by atoms with E-state index >= 15 is 0 Å². The van der Waals surface area contributed by atoms with Crippen LogP contribution < -0.4 is 9.64 Å². The zero-order valence-electron chi connectivity index (χ0n) is 18.3. The van der Waals surface area contributed by atoms with Crippen molar-refractivity contribution in [1.29, 1.82) is 0 Å². The average Bonchev–Trinajstić information content (AvgIpc) is 3.36. The number of rotatable bonds is 4. The third kappa shape index (κ3) is 3.78. The topological polar surface area (TPSA) is 79.7 Å². The van der Waals surface area contributed by atoms with Crippen LogP contribution in [0.4, 0.5) is 5.13 Å². The van der Waals surface area contributed by atoms with Crippen LogP contribution in [0.3, 0.4) is 0 Å². The number of amides is 1. The third-order valence-electron chi connectivity index (χ3n) is 5.71. The first kappa shape index (κ1) is 22.3. The number of hydrogen-bond acceptors (Lipinski definition) is 6. The highest BCUT2D eigenvalue weighted by Gasteiger charge is 2.48. The maximum atomic E-state index is 13.3. The zero-order chi connectivity index (χ0) is 24.0. The van der Waals surface area contributed by atoms with Crippen molar-refractivity contribution in [3.05, 3.63) is 93.5 Å². The number of halogens is 1. The van der Waals surface area contributed by atoms with Crippen LogP contribution in [-0.2, 0) is 9.59 Å². The molecule has 0 aliphatic carbocycles. The minimum Gasteiger partial charge on any atom is -0.507 e. The number of aliphatic hydroxyl groups is 1. The largest absolute Gasteiger partial charge is 0.507 e. The summed E-state index contributed by atoms with van der Waals surface area (Å²) < 4.78 is 6.90. The molecule has 0 spiro atoms. The Balaban J connectivity index is 1.72. The van der Waals surface area contributed by atoms with Gasteiger partial charge in [-0.15, -0.1) is 0 Å². The number of nitrogens with zero attached hydrogens (tertiary/aromatic N) is 2. The second-order valence-corrected chi connectivity index (χ2v) is 9.84. The van der Waals surface area contributed by atoms with Gasteiger partial charge in [-0.05, 0) is 66.6 Å². The lowest BCUT2D eigenvalue weighted by Gasteiger charge is -2.23. The molecular formula is C26H19BrN2O4S. The number of ether oxygens (including phenoxy) is 1. The van der Waals surface area contributed by atoms with Crippen molar-refractivity contribution in [2.24, 2.45) is 0 Å². The normalized spacial score (nSPS) is 17.5. The van der Waals surface area contributed by atoms with Crippen LogP contribution in [0.25, 0.3) is 16.0 Å². The molecule has 8 heteroatoms. The molecule has 5 rings (SSSR count). The molecule has 1 aliphatic heterocycles. The Morgan fingerprint density at radius 3 is 2.56 bits per heavy atom. The number of Topliss-reactive ketones (excluding diaryl/α,β-unsaturated/α-hetero) is 1. The number of ketones is 1. The molecule has 1 N–H and O–H groups in total. The number of anilines is 1. The molecule has 3 aromatic carbocycles. The Bertz CT molecular complexity index is 1480. The number of methoxy groups -OCH3 is 1. The number of carbonyl (C=O) groups excluding carboxylic acids is 2. The Morgan fingerprint density at radius 1 is 1.09 bits per heavy atom. The van der Waals surface area contributed by atoms with Gasteiger partial charge in [-0.1, -0.05) is 45.5 Å². The van der Waals surface area contributed by atoms with E-state index in [9.17, 15) is 14.7 Å². The second-order valence-electron chi connectivity index (χ2n) is 7.92. The minimum absolute atomic E-state index is 0.0173.